The molecule has 0 heterocycles. The third-order valence-corrected chi connectivity index (χ3v) is 4.08. The molecule has 0 aliphatic heterocycles. The standard InChI is InChI=1S/C13H22/c1-3-5-11-8-10(2)9-12-6-4-7-13(11)12/h11-13H,2-9H2,1H3. The van der Waals surface area contributed by atoms with Gasteiger partial charge in [-0.15, -0.1) is 0 Å². The van der Waals surface area contributed by atoms with Crippen molar-refractivity contribution in [1.82, 2.24) is 0 Å². The Bertz CT molecular complexity index is 192. The van der Waals surface area contributed by atoms with Crippen molar-refractivity contribution in [1.29, 1.82) is 0 Å². The van der Waals surface area contributed by atoms with E-state index in [4.69, 9.17) is 0 Å². The lowest BCUT2D eigenvalue weighted by Crippen LogP contribution is -2.25. The van der Waals surface area contributed by atoms with Crippen LogP contribution < -0.4 is 0 Å². The van der Waals surface area contributed by atoms with Crippen LogP contribution in [0.15, 0.2) is 12.2 Å². The zero-order valence-electron chi connectivity index (χ0n) is 8.89. The van der Waals surface area contributed by atoms with Gasteiger partial charge in [-0.1, -0.05) is 38.3 Å². The Balaban J connectivity index is 2.03. The van der Waals surface area contributed by atoms with E-state index in [1.165, 1.54) is 44.9 Å². The van der Waals surface area contributed by atoms with Gasteiger partial charge in [-0.2, -0.15) is 0 Å². The zero-order valence-corrected chi connectivity index (χ0v) is 8.89. The molecule has 0 aromatic carbocycles. The van der Waals surface area contributed by atoms with E-state index in [1.807, 2.05) is 0 Å². The molecule has 74 valence electrons. The van der Waals surface area contributed by atoms with Crippen molar-refractivity contribution >= 4 is 0 Å². The number of fused-ring (bicyclic) bond motifs is 1. The number of rotatable bonds is 2. The Morgan fingerprint density at radius 1 is 1.31 bits per heavy atom. The molecule has 0 radical (unpaired) electrons. The first kappa shape index (κ1) is 9.30. The van der Waals surface area contributed by atoms with Crippen molar-refractivity contribution in [2.24, 2.45) is 17.8 Å². The first-order chi connectivity index (χ1) is 6.31. The van der Waals surface area contributed by atoms with E-state index in [0.29, 0.717) is 0 Å². The molecule has 0 aromatic rings. The fourth-order valence-corrected chi connectivity index (χ4v) is 3.60. The molecule has 2 fully saturated rings. The van der Waals surface area contributed by atoms with Gasteiger partial charge in [0.15, 0.2) is 0 Å². The van der Waals surface area contributed by atoms with Gasteiger partial charge in [-0.3, -0.25) is 0 Å². The van der Waals surface area contributed by atoms with Crippen LogP contribution >= 0.6 is 0 Å². The van der Waals surface area contributed by atoms with Gasteiger partial charge in [0.25, 0.3) is 0 Å². The third-order valence-electron chi connectivity index (χ3n) is 4.08. The lowest BCUT2D eigenvalue weighted by molar-refractivity contribution is 0.208. The minimum absolute atomic E-state index is 0.999. The topological polar surface area (TPSA) is 0 Å². The van der Waals surface area contributed by atoms with Crippen LogP contribution in [0.3, 0.4) is 0 Å². The van der Waals surface area contributed by atoms with Crippen LogP contribution in [-0.2, 0) is 0 Å². The summed E-state index contributed by atoms with van der Waals surface area (Å²) in [6.07, 6.45) is 10.00. The Labute approximate surface area is 82.4 Å². The average molecular weight is 178 g/mol. The monoisotopic (exact) mass is 178 g/mol. The van der Waals surface area contributed by atoms with E-state index in [0.717, 1.165) is 17.8 Å². The summed E-state index contributed by atoms with van der Waals surface area (Å²) in [6, 6.07) is 0. The van der Waals surface area contributed by atoms with Gasteiger partial charge in [0.1, 0.15) is 0 Å². The SMILES string of the molecule is C=C1CC(CCC)C2CCCC2C1. The Morgan fingerprint density at radius 3 is 2.92 bits per heavy atom. The van der Waals surface area contributed by atoms with Crippen molar-refractivity contribution in [2.45, 2.75) is 51.9 Å². The third kappa shape index (κ3) is 1.82. The van der Waals surface area contributed by atoms with Crippen molar-refractivity contribution in [3.05, 3.63) is 12.2 Å². The van der Waals surface area contributed by atoms with Gasteiger partial charge < -0.3 is 0 Å². The van der Waals surface area contributed by atoms with E-state index in [9.17, 15) is 0 Å². The first-order valence-corrected chi connectivity index (χ1v) is 5.98. The molecular weight excluding hydrogens is 156 g/mol. The normalized spacial score (nSPS) is 39.2. The van der Waals surface area contributed by atoms with Crippen LogP contribution in [-0.4, -0.2) is 0 Å². The molecule has 2 saturated carbocycles. The van der Waals surface area contributed by atoms with Crippen LogP contribution in [0.2, 0.25) is 0 Å². The van der Waals surface area contributed by atoms with Gasteiger partial charge >= 0.3 is 0 Å². The highest BCUT2D eigenvalue weighted by atomic mass is 14.4. The second-order valence-corrected chi connectivity index (χ2v) is 5.06. The van der Waals surface area contributed by atoms with Crippen molar-refractivity contribution in [2.75, 3.05) is 0 Å². The molecule has 3 unspecified atom stereocenters. The molecule has 0 aromatic heterocycles. The van der Waals surface area contributed by atoms with Crippen molar-refractivity contribution < 1.29 is 0 Å². The van der Waals surface area contributed by atoms with Gasteiger partial charge in [-0.25, -0.2) is 0 Å². The van der Waals surface area contributed by atoms with E-state index >= 15 is 0 Å². The molecule has 2 aliphatic carbocycles. The molecule has 0 bridgehead atoms. The van der Waals surface area contributed by atoms with Crippen LogP contribution in [0.25, 0.3) is 0 Å². The van der Waals surface area contributed by atoms with E-state index in [1.54, 1.807) is 5.57 Å². The molecule has 3 atom stereocenters. The maximum Gasteiger partial charge on any atom is -0.0292 e. The quantitative estimate of drug-likeness (QED) is 0.557. The predicted octanol–water partition coefficient (Wildman–Crippen LogP) is 4.17. The summed E-state index contributed by atoms with van der Waals surface area (Å²) in [4.78, 5) is 0. The maximum atomic E-state index is 4.21. The molecule has 13 heavy (non-hydrogen) atoms. The summed E-state index contributed by atoms with van der Waals surface area (Å²) >= 11 is 0. The van der Waals surface area contributed by atoms with Crippen LogP contribution in [0.5, 0.6) is 0 Å². The molecule has 0 amide bonds. The summed E-state index contributed by atoms with van der Waals surface area (Å²) < 4.78 is 0. The van der Waals surface area contributed by atoms with Crippen molar-refractivity contribution in [3.8, 4) is 0 Å². The smallest absolute Gasteiger partial charge is 0.0292 e. The fraction of sp³-hybridized carbons (Fsp3) is 0.846. The lowest BCUT2D eigenvalue weighted by atomic mass is 9.70. The van der Waals surface area contributed by atoms with Gasteiger partial charge in [0.05, 0.1) is 0 Å². The number of hydrogen-bond acceptors (Lipinski definition) is 0. The van der Waals surface area contributed by atoms with Gasteiger partial charge in [-0.05, 0) is 43.4 Å². The molecule has 0 nitrogen and oxygen atoms in total. The summed E-state index contributed by atoms with van der Waals surface area (Å²) in [5.74, 6) is 3.10. The first-order valence-electron chi connectivity index (χ1n) is 5.98. The van der Waals surface area contributed by atoms with E-state index in [-0.39, 0.29) is 0 Å². The highest BCUT2D eigenvalue weighted by Crippen LogP contribution is 2.48. The number of allylic oxidation sites excluding steroid dienone is 1. The van der Waals surface area contributed by atoms with Gasteiger partial charge in [0.2, 0.25) is 0 Å². The molecule has 2 aliphatic rings. The molecule has 0 spiro atoms. The highest BCUT2D eigenvalue weighted by Gasteiger charge is 2.36. The average Bonchev–Trinajstić information content (AvgIpc) is 2.52. The lowest BCUT2D eigenvalue weighted by Gasteiger charge is -2.35. The summed E-state index contributed by atoms with van der Waals surface area (Å²) in [6.45, 7) is 6.53. The summed E-state index contributed by atoms with van der Waals surface area (Å²) in [5, 5.41) is 0. The maximum absolute atomic E-state index is 4.21. The van der Waals surface area contributed by atoms with Crippen LogP contribution in [0, 0.1) is 17.8 Å². The van der Waals surface area contributed by atoms with E-state index < -0.39 is 0 Å². The zero-order chi connectivity index (χ0) is 9.26. The van der Waals surface area contributed by atoms with Crippen LogP contribution in [0.4, 0.5) is 0 Å². The molecule has 0 heteroatoms. The highest BCUT2D eigenvalue weighted by molar-refractivity contribution is 5.06. The minimum atomic E-state index is 0.999. The number of hydrogen-bond donors (Lipinski definition) is 0. The van der Waals surface area contributed by atoms with Crippen LogP contribution in [0.1, 0.15) is 51.9 Å². The molecule has 0 saturated heterocycles. The van der Waals surface area contributed by atoms with Gasteiger partial charge in [0, 0.05) is 0 Å². The largest absolute Gasteiger partial charge is 0.0998 e. The summed E-state index contributed by atoms with van der Waals surface area (Å²) in [5.41, 5.74) is 1.54. The Hall–Kier alpha value is -0.260. The fourth-order valence-electron chi connectivity index (χ4n) is 3.60. The Morgan fingerprint density at radius 2 is 2.15 bits per heavy atom. The second-order valence-electron chi connectivity index (χ2n) is 5.06. The minimum Gasteiger partial charge on any atom is -0.0998 e. The predicted molar refractivity (Wildman–Crippen MR) is 57.6 cm³/mol. The van der Waals surface area contributed by atoms with E-state index in [2.05, 4.69) is 13.5 Å². The summed E-state index contributed by atoms with van der Waals surface area (Å²) in [7, 11) is 0. The second kappa shape index (κ2) is 3.86. The Kier molecular flexibility index (Phi) is 2.76. The molecular formula is C13H22. The molecule has 0 N–H and O–H groups in total. The molecule has 2 rings (SSSR count). The van der Waals surface area contributed by atoms with Crippen molar-refractivity contribution in [3.63, 3.8) is 0 Å².